The molecule has 208 valence electrons. The highest BCUT2D eigenvalue weighted by Gasteiger charge is 2.38. The lowest BCUT2D eigenvalue weighted by molar-refractivity contribution is 0.664. The molecule has 3 nitrogen and oxygen atoms in total. The van der Waals surface area contributed by atoms with E-state index in [1.807, 2.05) is 24.3 Å². The molecule has 0 bridgehead atoms. The maximum atomic E-state index is 5.10. The fourth-order valence-corrected chi connectivity index (χ4v) is 7.36. The number of aromatic nitrogens is 3. The Bertz CT molecular complexity index is 2400. The van der Waals surface area contributed by atoms with Crippen LogP contribution in [0.15, 0.2) is 140 Å². The van der Waals surface area contributed by atoms with Crippen molar-refractivity contribution in [3.05, 3.63) is 151 Å². The largest absolute Gasteiger partial charge is 0.309 e. The summed E-state index contributed by atoms with van der Waals surface area (Å²) in [6.07, 6.45) is 0. The molecule has 0 unspecified atom stereocenters. The summed E-state index contributed by atoms with van der Waals surface area (Å²) in [6.45, 7) is 4.74. The second kappa shape index (κ2) is 9.23. The van der Waals surface area contributed by atoms with Gasteiger partial charge < -0.3 is 4.57 Å². The molecule has 2 heterocycles. The topological polar surface area (TPSA) is 30.7 Å². The summed E-state index contributed by atoms with van der Waals surface area (Å²) in [5, 5.41) is 3.61. The predicted octanol–water partition coefficient (Wildman–Crippen LogP) is 10.4. The number of hydrogen-bond donors (Lipinski definition) is 0. The van der Waals surface area contributed by atoms with Gasteiger partial charge in [-0.2, -0.15) is 0 Å². The Balaban J connectivity index is 1.27. The summed E-state index contributed by atoms with van der Waals surface area (Å²) in [4.78, 5) is 10.0. The van der Waals surface area contributed by atoms with Gasteiger partial charge in [-0.1, -0.05) is 129 Å². The summed E-state index contributed by atoms with van der Waals surface area (Å²) in [7, 11) is 0. The Kier molecular flexibility index (Phi) is 5.24. The fourth-order valence-electron chi connectivity index (χ4n) is 7.36. The van der Waals surface area contributed by atoms with Crippen molar-refractivity contribution < 1.29 is 0 Å². The monoisotopic (exact) mass is 563 g/mol. The molecule has 6 aromatic carbocycles. The molecule has 1 aliphatic carbocycles. The SMILES string of the molecule is CC1(C)c2ccccc2-c2ccc3c4ccccc4n(-c4ccc(-c5nc(-c6ccccc6)nc6ccccc56)cc4)c3c21. The first-order chi connectivity index (χ1) is 21.6. The Labute approximate surface area is 256 Å². The van der Waals surface area contributed by atoms with Gasteiger partial charge in [0, 0.05) is 38.4 Å². The Morgan fingerprint density at radius 2 is 1.23 bits per heavy atom. The number of para-hydroxylation sites is 2. The Morgan fingerprint density at radius 3 is 2.07 bits per heavy atom. The van der Waals surface area contributed by atoms with Gasteiger partial charge in [0.15, 0.2) is 5.82 Å². The van der Waals surface area contributed by atoms with Gasteiger partial charge in [-0.05, 0) is 46.5 Å². The van der Waals surface area contributed by atoms with Crippen LogP contribution in [-0.4, -0.2) is 14.5 Å². The average Bonchev–Trinajstić information content (AvgIpc) is 3.53. The predicted molar refractivity (Wildman–Crippen MR) is 182 cm³/mol. The fraction of sp³-hybridized carbons (Fsp3) is 0.0732. The first-order valence-electron chi connectivity index (χ1n) is 15.2. The molecule has 0 amide bonds. The molecule has 0 saturated heterocycles. The van der Waals surface area contributed by atoms with Crippen molar-refractivity contribution in [2.45, 2.75) is 19.3 Å². The van der Waals surface area contributed by atoms with Crippen molar-refractivity contribution in [3.63, 3.8) is 0 Å². The van der Waals surface area contributed by atoms with E-state index in [1.165, 1.54) is 44.1 Å². The molecule has 8 aromatic rings. The molecule has 0 N–H and O–H groups in total. The first-order valence-corrected chi connectivity index (χ1v) is 15.2. The maximum Gasteiger partial charge on any atom is 0.160 e. The minimum absolute atomic E-state index is 0.120. The van der Waals surface area contributed by atoms with E-state index in [0.717, 1.165) is 39.2 Å². The molecule has 0 radical (unpaired) electrons. The van der Waals surface area contributed by atoms with Gasteiger partial charge in [-0.3, -0.25) is 0 Å². The molecule has 0 aliphatic heterocycles. The standard InChI is InChI=1S/C41H29N3/c1-41(2)34-17-9-6-14-29(34)31-24-25-32-30-15-8-11-19-36(30)44(39(32)37(31)41)28-22-20-26(21-23-28)38-33-16-7-10-18-35(33)42-40(43-38)27-12-4-3-5-13-27/h3-25H,1-2H3. The van der Waals surface area contributed by atoms with Gasteiger partial charge in [0.2, 0.25) is 0 Å². The molecule has 9 rings (SSSR count). The first kappa shape index (κ1) is 25.0. The van der Waals surface area contributed by atoms with Crippen LogP contribution in [-0.2, 0) is 5.41 Å². The minimum atomic E-state index is -0.120. The van der Waals surface area contributed by atoms with Crippen LogP contribution in [0.5, 0.6) is 0 Å². The van der Waals surface area contributed by atoms with Crippen molar-refractivity contribution in [2.24, 2.45) is 0 Å². The Morgan fingerprint density at radius 1 is 0.523 bits per heavy atom. The van der Waals surface area contributed by atoms with Crippen LogP contribution in [0.4, 0.5) is 0 Å². The lowest BCUT2D eigenvalue weighted by Crippen LogP contribution is -2.16. The van der Waals surface area contributed by atoms with Crippen LogP contribution < -0.4 is 0 Å². The normalized spacial score (nSPS) is 13.4. The van der Waals surface area contributed by atoms with Crippen LogP contribution in [0.1, 0.15) is 25.0 Å². The number of rotatable bonds is 3. The third kappa shape index (κ3) is 3.50. The zero-order valence-corrected chi connectivity index (χ0v) is 24.6. The molecule has 1 aliphatic rings. The molecule has 2 aromatic heterocycles. The van der Waals surface area contributed by atoms with E-state index < -0.39 is 0 Å². The van der Waals surface area contributed by atoms with Crippen LogP contribution >= 0.6 is 0 Å². The zero-order valence-electron chi connectivity index (χ0n) is 24.6. The average molecular weight is 564 g/mol. The maximum absolute atomic E-state index is 5.10. The van der Waals surface area contributed by atoms with Gasteiger partial charge >= 0.3 is 0 Å². The third-order valence-electron chi connectivity index (χ3n) is 9.39. The smallest absolute Gasteiger partial charge is 0.160 e. The summed E-state index contributed by atoms with van der Waals surface area (Å²) < 4.78 is 2.47. The van der Waals surface area contributed by atoms with Crippen LogP contribution in [0, 0.1) is 0 Å². The highest BCUT2D eigenvalue weighted by Crippen LogP contribution is 2.52. The number of benzene rings is 6. The van der Waals surface area contributed by atoms with Gasteiger partial charge in [-0.15, -0.1) is 0 Å². The van der Waals surface area contributed by atoms with Gasteiger partial charge in [0.1, 0.15) is 0 Å². The molecule has 0 fully saturated rings. The van der Waals surface area contributed by atoms with E-state index in [9.17, 15) is 0 Å². The third-order valence-corrected chi connectivity index (χ3v) is 9.39. The number of fused-ring (bicyclic) bond motifs is 8. The molecular weight excluding hydrogens is 534 g/mol. The van der Waals surface area contributed by atoms with Crippen molar-refractivity contribution in [2.75, 3.05) is 0 Å². The van der Waals surface area contributed by atoms with Gasteiger partial charge in [-0.25, -0.2) is 9.97 Å². The van der Waals surface area contributed by atoms with Crippen molar-refractivity contribution >= 4 is 32.7 Å². The lowest BCUT2D eigenvalue weighted by Gasteiger charge is -2.23. The minimum Gasteiger partial charge on any atom is -0.309 e. The van der Waals surface area contributed by atoms with Crippen LogP contribution in [0.2, 0.25) is 0 Å². The number of hydrogen-bond acceptors (Lipinski definition) is 2. The van der Waals surface area contributed by atoms with E-state index >= 15 is 0 Å². The molecule has 0 spiro atoms. The van der Waals surface area contributed by atoms with Gasteiger partial charge in [0.05, 0.1) is 22.2 Å². The molecule has 0 atom stereocenters. The van der Waals surface area contributed by atoms with Gasteiger partial charge in [0.25, 0.3) is 0 Å². The highest BCUT2D eigenvalue weighted by molar-refractivity contribution is 6.13. The highest BCUT2D eigenvalue weighted by atomic mass is 15.0. The summed E-state index contributed by atoms with van der Waals surface area (Å²) in [5.41, 5.74) is 13.0. The van der Waals surface area contributed by atoms with Crippen LogP contribution in [0.3, 0.4) is 0 Å². The van der Waals surface area contributed by atoms with Crippen LogP contribution in [0.25, 0.3) is 72.2 Å². The lowest BCUT2D eigenvalue weighted by atomic mass is 9.81. The molecule has 3 heteroatoms. The second-order valence-electron chi connectivity index (χ2n) is 12.2. The zero-order chi connectivity index (χ0) is 29.4. The summed E-state index contributed by atoms with van der Waals surface area (Å²) >= 11 is 0. The van der Waals surface area contributed by atoms with E-state index in [0.29, 0.717) is 0 Å². The van der Waals surface area contributed by atoms with Crippen molar-refractivity contribution in [3.8, 4) is 39.5 Å². The molecular formula is C41H29N3. The second-order valence-corrected chi connectivity index (χ2v) is 12.2. The van der Waals surface area contributed by atoms with E-state index in [2.05, 4.69) is 134 Å². The molecule has 0 saturated carbocycles. The molecule has 44 heavy (non-hydrogen) atoms. The van der Waals surface area contributed by atoms with Crippen molar-refractivity contribution in [1.82, 2.24) is 14.5 Å². The van der Waals surface area contributed by atoms with E-state index in [-0.39, 0.29) is 5.41 Å². The van der Waals surface area contributed by atoms with E-state index in [4.69, 9.17) is 9.97 Å². The summed E-state index contributed by atoms with van der Waals surface area (Å²) in [6, 6.07) is 49.7. The quantitative estimate of drug-likeness (QED) is 0.214. The van der Waals surface area contributed by atoms with Crippen molar-refractivity contribution in [1.29, 1.82) is 0 Å². The summed E-state index contributed by atoms with van der Waals surface area (Å²) in [5.74, 6) is 0.739. The van der Waals surface area contributed by atoms with E-state index in [1.54, 1.807) is 0 Å². The Hall–Kier alpha value is -5.54. The number of nitrogens with zero attached hydrogens (tertiary/aromatic N) is 3.